The van der Waals surface area contributed by atoms with Crippen molar-refractivity contribution in [2.45, 2.75) is 64.6 Å². The predicted molar refractivity (Wildman–Crippen MR) is 86.7 cm³/mol. The van der Waals surface area contributed by atoms with Crippen LogP contribution in [0.5, 0.6) is 0 Å². The summed E-state index contributed by atoms with van der Waals surface area (Å²) in [4.78, 5) is 21.8. The van der Waals surface area contributed by atoms with Crippen molar-refractivity contribution in [3.63, 3.8) is 0 Å². The van der Waals surface area contributed by atoms with E-state index < -0.39 is 24.1 Å². The van der Waals surface area contributed by atoms with Crippen molar-refractivity contribution in [2.75, 3.05) is 0 Å². The molecule has 3 fully saturated rings. The van der Waals surface area contributed by atoms with Crippen LogP contribution < -0.4 is 5.32 Å². The minimum atomic E-state index is -4.85. The van der Waals surface area contributed by atoms with Crippen molar-refractivity contribution in [3.05, 3.63) is 12.2 Å². The lowest BCUT2D eigenvalue weighted by Gasteiger charge is -2.62. The number of hydrogen-bond acceptors (Lipinski definition) is 2. The highest BCUT2D eigenvalue weighted by molar-refractivity contribution is 5.82. The lowest BCUT2D eigenvalue weighted by Crippen LogP contribution is -2.62. The number of fused-ring (bicyclic) bond motifs is 2. The highest BCUT2D eigenvalue weighted by atomic mass is 19.4. The largest absolute Gasteiger partial charge is 0.481 e. The van der Waals surface area contributed by atoms with Gasteiger partial charge in [0.15, 0.2) is 0 Å². The maximum Gasteiger partial charge on any atom is 0.471 e. The smallest absolute Gasteiger partial charge is 0.471 e. The molecule has 0 aromatic carbocycles. The van der Waals surface area contributed by atoms with Crippen molar-refractivity contribution in [3.8, 4) is 0 Å². The van der Waals surface area contributed by atoms with Gasteiger partial charge in [0.25, 0.3) is 0 Å². The molecule has 2 bridgehead atoms. The number of carboxylic acid groups (broad SMARTS) is 1. The van der Waals surface area contributed by atoms with Gasteiger partial charge in [0, 0.05) is 12.5 Å². The van der Waals surface area contributed by atoms with Crippen molar-refractivity contribution < 1.29 is 27.9 Å². The Morgan fingerprint density at radius 3 is 2.48 bits per heavy atom. The van der Waals surface area contributed by atoms with Gasteiger partial charge in [0.2, 0.25) is 0 Å². The third-order valence-electron chi connectivity index (χ3n) is 6.03. The number of nitrogens with one attached hydrogen (secondary N) is 1. The molecular formula is C18H26F3NO3. The molecule has 142 valence electrons. The molecule has 0 unspecified atom stereocenters. The van der Waals surface area contributed by atoms with Crippen LogP contribution in [-0.2, 0) is 9.59 Å². The number of rotatable bonds is 7. The molecule has 3 aliphatic carbocycles. The fourth-order valence-corrected chi connectivity index (χ4v) is 4.43. The number of amides is 1. The zero-order valence-electron chi connectivity index (χ0n) is 14.6. The van der Waals surface area contributed by atoms with Crippen LogP contribution >= 0.6 is 0 Å². The highest BCUT2D eigenvalue weighted by Gasteiger charge is 2.58. The van der Waals surface area contributed by atoms with E-state index in [0.717, 1.165) is 6.42 Å². The van der Waals surface area contributed by atoms with E-state index in [9.17, 15) is 22.8 Å². The number of aliphatic carboxylic acids is 1. The number of allylic oxidation sites excluding steroid dienone is 2. The van der Waals surface area contributed by atoms with Crippen LogP contribution in [0.4, 0.5) is 13.2 Å². The van der Waals surface area contributed by atoms with Crippen LogP contribution in [0.3, 0.4) is 0 Å². The van der Waals surface area contributed by atoms with Crippen molar-refractivity contribution >= 4 is 11.9 Å². The van der Waals surface area contributed by atoms with Gasteiger partial charge < -0.3 is 10.4 Å². The number of unbranched alkanes of at least 4 members (excludes halogenated alkanes) is 1. The van der Waals surface area contributed by atoms with E-state index in [0.29, 0.717) is 37.5 Å². The monoisotopic (exact) mass is 361 g/mol. The topological polar surface area (TPSA) is 66.4 Å². The number of carboxylic acids is 1. The zero-order valence-corrected chi connectivity index (χ0v) is 14.6. The molecule has 2 N–H and O–H groups in total. The van der Waals surface area contributed by atoms with E-state index in [2.05, 4.69) is 19.2 Å². The van der Waals surface area contributed by atoms with Gasteiger partial charge in [-0.25, -0.2) is 0 Å². The Kier molecular flexibility index (Phi) is 5.84. The van der Waals surface area contributed by atoms with Crippen molar-refractivity contribution in [1.29, 1.82) is 0 Å². The quantitative estimate of drug-likeness (QED) is 0.534. The summed E-state index contributed by atoms with van der Waals surface area (Å²) in [6.07, 6.45) is 2.44. The molecule has 3 aliphatic rings. The Hall–Kier alpha value is -1.53. The van der Waals surface area contributed by atoms with Gasteiger partial charge >= 0.3 is 18.1 Å². The second-order valence-electron chi connectivity index (χ2n) is 7.83. The Morgan fingerprint density at radius 1 is 1.24 bits per heavy atom. The summed E-state index contributed by atoms with van der Waals surface area (Å²) in [7, 11) is 0. The average Bonchev–Trinajstić information content (AvgIpc) is 2.49. The molecule has 25 heavy (non-hydrogen) atoms. The Balaban J connectivity index is 1.95. The Labute approximate surface area is 145 Å². The first kappa shape index (κ1) is 19.8. The molecule has 0 aromatic rings. The molecule has 1 amide bonds. The molecule has 0 saturated heterocycles. The summed E-state index contributed by atoms with van der Waals surface area (Å²) in [6, 6.07) is -0.449. The normalized spacial score (nSPS) is 30.8. The van der Waals surface area contributed by atoms with Gasteiger partial charge in [-0.3, -0.25) is 9.59 Å². The van der Waals surface area contributed by atoms with Crippen LogP contribution in [0.2, 0.25) is 0 Å². The fourth-order valence-electron chi connectivity index (χ4n) is 4.43. The SMILES string of the molecule is CC1(C)[C@H]2C[C@@H](NC(=O)C(F)(F)F)[C@@H](CC=CCCCC(=O)O)[C@@H]1C2. The molecular weight excluding hydrogens is 335 g/mol. The molecule has 0 aliphatic heterocycles. The van der Waals surface area contributed by atoms with E-state index in [-0.39, 0.29) is 17.8 Å². The average molecular weight is 361 g/mol. The number of halogens is 3. The fraction of sp³-hybridized carbons (Fsp3) is 0.778. The standard InChI is InChI=1S/C18H26F3NO3/c1-17(2)11-9-13(17)12(7-5-3-4-6-8-15(23)24)14(10-11)22-16(25)18(19,20)21/h3,5,11-14H,4,6-10H2,1-2H3,(H,22,25)(H,23,24)/t11-,12+,13+,14-/m1/s1. The number of hydrogen-bond donors (Lipinski definition) is 2. The summed E-state index contributed by atoms with van der Waals surface area (Å²) in [6.45, 7) is 4.30. The van der Waals surface area contributed by atoms with Gasteiger partial charge in [-0.1, -0.05) is 26.0 Å². The molecule has 0 heterocycles. The lowest BCUT2D eigenvalue weighted by atomic mass is 9.44. The Bertz CT molecular complexity index is 542. The number of alkyl halides is 3. The summed E-state index contributed by atoms with van der Waals surface area (Å²) >= 11 is 0. The second-order valence-corrected chi connectivity index (χ2v) is 7.83. The van der Waals surface area contributed by atoms with E-state index in [1.54, 1.807) is 0 Å². The molecule has 4 atom stereocenters. The maximum atomic E-state index is 12.6. The predicted octanol–water partition coefficient (Wildman–Crippen LogP) is 3.92. The molecule has 7 heteroatoms. The highest BCUT2D eigenvalue weighted by Crippen LogP contribution is 2.62. The number of carbonyl (C=O) groups excluding carboxylic acids is 1. The first-order valence-electron chi connectivity index (χ1n) is 8.78. The van der Waals surface area contributed by atoms with Crippen LogP contribution in [0.1, 0.15) is 52.4 Å². The summed E-state index contributed by atoms with van der Waals surface area (Å²) in [5, 5.41) is 10.8. The third kappa shape index (κ3) is 4.55. The zero-order chi connectivity index (χ0) is 18.8. The molecule has 0 spiro atoms. The van der Waals surface area contributed by atoms with E-state index in [1.165, 1.54) is 0 Å². The van der Waals surface area contributed by atoms with Gasteiger partial charge in [-0.15, -0.1) is 0 Å². The lowest BCUT2D eigenvalue weighted by molar-refractivity contribution is -0.179. The summed E-state index contributed by atoms with van der Waals surface area (Å²) in [5.41, 5.74) is 0.0985. The van der Waals surface area contributed by atoms with Crippen LogP contribution in [0, 0.1) is 23.2 Å². The number of carbonyl (C=O) groups is 2. The second kappa shape index (κ2) is 7.38. The molecule has 4 nitrogen and oxygen atoms in total. The van der Waals surface area contributed by atoms with Crippen molar-refractivity contribution in [2.24, 2.45) is 23.2 Å². The van der Waals surface area contributed by atoms with Gasteiger partial charge in [0.05, 0.1) is 0 Å². The third-order valence-corrected chi connectivity index (χ3v) is 6.03. The van der Waals surface area contributed by atoms with E-state index >= 15 is 0 Å². The maximum absolute atomic E-state index is 12.6. The first-order chi connectivity index (χ1) is 11.5. The minimum Gasteiger partial charge on any atom is -0.481 e. The van der Waals surface area contributed by atoms with Crippen molar-refractivity contribution in [1.82, 2.24) is 5.32 Å². The van der Waals surface area contributed by atoms with E-state index in [4.69, 9.17) is 5.11 Å². The van der Waals surface area contributed by atoms with Gasteiger partial charge in [-0.2, -0.15) is 13.2 Å². The van der Waals surface area contributed by atoms with Crippen LogP contribution in [-0.4, -0.2) is 29.2 Å². The molecule has 3 saturated carbocycles. The molecule has 0 radical (unpaired) electrons. The minimum absolute atomic E-state index is 0.0120. The van der Waals surface area contributed by atoms with Gasteiger partial charge in [-0.05, 0) is 55.3 Å². The van der Waals surface area contributed by atoms with Crippen LogP contribution in [0.15, 0.2) is 12.2 Å². The van der Waals surface area contributed by atoms with Gasteiger partial charge in [0.1, 0.15) is 0 Å². The first-order valence-corrected chi connectivity index (χ1v) is 8.78. The summed E-state index contributed by atoms with van der Waals surface area (Å²) in [5.74, 6) is -2.05. The Morgan fingerprint density at radius 2 is 1.92 bits per heavy atom. The molecule has 0 aromatic heterocycles. The summed E-state index contributed by atoms with van der Waals surface area (Å²) < 4.78 is 37.7. The molecule has 3 rings (SSSR count). The van der Waals surface area contributed by atoms with E-state index in [1.807, 2.05) is 12.2 Å². The van der Waals surface area contributed by atoms with Crippen LogP contribution in [0.25, 0.3) is 0 Å².